The number of benzene rings is 1. The first-order valence-electron chi connectivity index (χ1n) is 9.38. The molecule has 2 heteroatoms. The number of hydrogen-bond acceptors (Lipinski definition) is 2. The summed E-state index contributed by atoms with van der Waals surface area (Å²) in [4.78, 5) is 8.72. The van der Waals surface area contributed by atoms with Crippen molar-refractivity contribution in [1.82, 2.24) is 0 Å². The first kappa shape index (κ1) is 24.0. The molecule has 0 aromatic heterocycles. The summed E-state index contributed by atoms with van der Waals surface area (Å²) in [7, 11) is 0. The maximum absolute atomic E-state index is 4.37. The third kappa shape index (κ3) is 7.53. The maximum atomic E-state index is 4.37. The standard InChI is InChI=1S/C28H28N2/c1-7-13-19-27(29-11-5)23(10-4)21-24(16-9-3)25-17-15-18-26(22-25)28(30-12-6)20-14-8-2/h7-22H,1-6H2/b19-13-,20-14-,23-21+,24-16+,29-27+,30-28+. The average Bonchev–Trinajstić information content (AvgIpc) is 2.77. The monoisotopic (exact) mass is 392 g/mol. The first-order chi connectivity index (χ1) is 14.6. The Balaban J connectivity index is 3.57. The van der Waals surface area contributed by atoms with Crippen molar-refractivity contribution >= 4 is 17.0 Å². The van der Waals surface area contributed by atoms with E-state index in [1.807, 2.05) is 54.7 Å². The lowest BCUT2D eigenvalue weighted by Gasteiger charge is -2.09. The van der Waals surface area contributed by atoms with E-state index in [2.05, 4.69) is 55.5 Å². The van der Waals surface area contributed by atoms with Gasteiger partial charge >= 0.3 is 0 Å². The lowest BCUT2D eigenvalue weighted by Crippen LogP contribution is -1.99. The zero-order valence-corrected chi connectivity index (χ0v) is 17.4. The van der Waals surface area contributed by atoms with Gasteiger partial charge in [0.1, 0.15) is 0 Å². The van der Waals surface area contributed by atoms with Crippen LogP contribution in [0, 0.1) is 0 Å². The predicted octanol–water partition coefficient (Wildman–Crippen LogP) is 7.37. The molecule has 2 nitrogen and oxygen atoms in total. The first-order valence-corrected chi connectivity index (χ1v) is 9.38. The van der Waals surface area contributed by atoms with Crippen LogP contribution in [0.3, 0.4) is 0 Å². The Morgan fingerprint density at radius 3 is 2.03 bits per heavy atom. The Morgan fingerprint density at radius 1 is 0.767 bits per heavy atom. The third-order valence-electron chi connectivity index (χ3n) is 3.86. The van der Waals surface area contributed by atoms with E-state index in [0.29, 0.717) is 0 Å². The van der Waals surface area contributed by atoms with Gasteiger partial charge in [0.2, 0.25) is 0 Å². The van der Waals surface area contributed by atoms with Gasteiger partial charge in [-0.2, -0.15) is 0 Å². The molecule has 1 rings (SSSR count). The summed E-state index contributed by atoms with van der Waals surface area (Å²) in [5.41, 5.74) is 5.28. The van der Waals surface area contributed by atoms with Crippen molar-refractivity contribution in [2.24, 2.45) is 9.98 Å². The van der Waals surface area contributed by atoms with Gasteiger partial charge in [-0.05, 0) is 35.4 Å². The molecule has 1 aromatic rings. The van der Waals surface area contributed by atoms with Crippen molar-refractivity contribution in [1.29, 1.82) is 0 Å². The van der Waals surface area contributed by atoms with Gasteiger partial charge in [-0.1, -0.05) is 100 Å². The van der Waals surface area contributed by atoms with Gasteiger partial charge in [0.05, 0.1) is 11.4 Å². The molecule has 1 aromatic carbocycles. The van der Waals surface area contributed by atoms with Gasteiger partial charge in [-0.25, -0.2) is 0 Å². The third-order valence-corrected chi connectivity index (χ3v) is 3.86. The quantitative estimate of drug-likeness (QED) is 0.262. The molecule has 150 valence electrons. The number of nitrogens with zero attached hydrogens (tertiary/aromatic N) is 2. The van der Waals surface area contributed by atoms with Crippen LogP contribution < -0.4 is 0 Å². The smallest absolute Gasteiger partial charge is 0.0701 e. The van der Waals surface area contributed by atoms with Crippen molar-refractivity contribution < 1.29 is 0 Å². The van der Waals surface area contributed by atoms with Crippen molar-refractivity contribution in [3.63, 3.8) is 0 Å². The summed E-state index contributed by atoms with van der Waals surface area (Å²) in [6.07, 6.45) is 21.3. The molecule has 0 saturated carbocycles. The van der Waals surface area contributed by atoms with Crippen molar-refractivity contribution in [2.75, 3.05) is 0 Å². The van der Waals surface area contributed by atoms with Crippen molar-refractivity contribution in [3.8, 4) is 0 Å². The molecule has 0 unspecified atom stereocenters. The highest BCUT2D eigenvalue weighted by Gasteiger charge is 2.06. The second-order valence-electron chi connectivity index (χ2n) is 5.83. The zero-order chi connectivity index (χ0) is 22.2. The fourth-order valence-corrected chi connectivity index (χ4v) is 2.56. The molecule has 0 heterocycles. The van der Waals surface area contributed by atoms with E-state index in [1.54, 1.807) is 24.3 Å². The van der Waals surface area contributed by atoms with E-state index in [4.69, 9.17) is 0 Å². The lowest BCUT2D eigenvalue weighted by molar-refractivity contribution is 1.52. The van der Waals surface area contributed by atoms with Crippen LogP contribution in [0.1, 0.15) is 11.1 Å². The summed E-state index contributed by atoms with van der Waals surface area (Å²) in [5, 5.41) is 0. The van der Waals surface area contributed by atoms with Crippen molar-refractivity contribution in [3.05, 3.63) is 154 Å². The highest BCUT2D eigenvalue weighted by atomic mass is 14.7. The number of rotatable bonds is 12. The van der Waals surface area contributed by atoms with Crippen LogP contribution in [-0.4, -0.2) is 11.4 Å². The van der Waals surface area contributed by atoms with Gasteiger partial charge < -0.3 is 0 Å². The molecule has 0 fully saturated rings. The zero-order valence-electron chi connectivity index (χ0n) is 17.4. The number of aliphatic imine (C=N–C) groups is 2. The van der Waals surface area contributed by atoms with Crippen LogP contribution in [0.5, 0.6) is 0 Å². The van der Waals surface area contributed by atoms with Gasteiger partial charge in [-0.3, -0.25) is 9.98 Å². The van der Waals surface area contributed by atoms with E-state index >= 15 is 0 Å². The van der Waals surface area contributed by atoms with E-state index in [0.717, 1.165) is 33.7 Å². The van der Waals surface area contributed by atoms with Crippen LogP contribution in [0.15, 0.2) is 152 Å². The van der Waals surface area contributed by atoms with E-state index in [9.17, 15) is 0 Å². The van der Waals surface area contributed by atoms with E-state index < -0.39 is 0 Å². The number of allylic oxidation sites excluding steroid dienone is 12. The Bertz CT molecular complexity index is 989. The Labute approximate surface area is 180 Å². The fourth-order valence-electron chi connectivity index (χ4n) is 2.56. The summed E-state index contributed by atoms with van der Waals surface area (Å²) in [5.74, 6) is 0. The fraction of sp³-hybridized carbons (Fsp3) is 0. The average molecular weight is 393 g/mol. The molecule has 0 atom stereocenters. The topological polar surface area (TPSA) is 24.7 Å². The SMILES string of the molecule is C=C\C=C/C(=N\C=C)C(/C=C)=C/C(=C\C=C)c1cccc(C(/C=C\C=C)=N/C=C)c1. The highest BCUT2D eigenvalue weighted by Crippen LogP contribution is 2.21. The van der Waals surface area contributed by atoms with Gasteiger partial charge in [0.15, 0.2) is 0 Å². The second-order valence-corrected chi connectivity index (χ2v) is 5.83. The van der Waals surface area contributed by atoms with Crippen LogP contribution in [0.25, 0.3) is 5.57 Å². The summed E-state index contributed by atoms with van der Waals surface area (Å²) < 4.78 is 0. The molecule has 0 saturated heterocycles. The van der Waals surface area contributed by atoms with Gasteiger partial charge in [-0.15, -0.1) is 0 Å². The molecule has 0 amide bonds. The summed E-state index contributed by atoms with van der Waals surface area (Å²) in [6.45, 7) is 22.6. The van der Waals surface area contributed by atoms with Crippen molar-refractivity contribution in [2.45, 2.75) is 0 Å². The summed E-state index contributed by atoms with van der Waals surface area (Å²) >= 11 is 0. The summed E-state index contributed by atoms with van der Waals surface area (Å²) in [6, 6.07) is 8.08. The minimum Gasteiger partial charge on any atom is -0.257 e. The largest absolute Gasteiger partial charge is 0.257 e. The molecule has 0 aliphatic heterocycles. The van der Waals surface area contributed by atoms with Gasteiger partial charge in [0.25, 0.3) is 0 Å². The minimum atomic E-state index is 0.730. The van der Waals surface area contributed by atoms with Gasteiger partial charge in [0, 0.05) is 23.5 Å². The van der Waals surface area contributed by atoms with E-state index in [-0.39, 0.29) is 0 Å². The number of hydrogen-bond donors (Lipinski definition) is 0. The van der Waals surface area contributed by atoms with E-state index in [1.165, 1.54) is 12.4 Å². The molecular weight excluding hydrogens is 364 g/mol. The molecule has 0 bridgehead atoms. The second kappa shape index (κ2) is 14.0. The van der Waals surface area contributed by atoms with Crippen LogP contribution in [0.2, 0.25) is 0 Å². The highest BCUT2D eigenvalue weighted by molar-refractivity contribution is 6.12. The molecule has 0 radical (unpaired) electrons. The minimum absolute atomic E-state index is 0.730. The molecule has 0 N–H and O–H groups in total. The normalized spacial score (nSPS) is 13.3. The lowest BCUT2D eigenvalue weighted by atomic mass is 9.97. The predicted molar refractivity (Wildman–Crippen MR) is 136 cm³/mol. The Kier molecular flexibility index (Phi) is 11.2. The van der Waals surface area contributed by atoms with Crippen LogP contribution in [-0.2, 0) is 0 Å². The maximum Gasteiger partial charge on any atom is 0.0701 e. The Hall–Kier alpha value is -4.04. The molecule has 30 heavy (non-hydrogen) atoms. The molecule has 0 spiro atoms. The molecule has 0 aliphatic rings. The molecular formula is C28H28N2. The molecule has 0 aliphatic carbocycles. The Morgan fingerprint density at radius 2 is 1.43 bits per heavy atom. The van der Waals surface area contributed by atoms with Crippen LogP contribution in [0.4, 0.5) is 0 Å². The van der Waals surface area contributed by atoms with Crippen LogP contribution >= 0.6 is 0 Å².